The summed E-state index contributed by atoms with van der Waals surface area (Å²) in [5.41, 5.74) is -0.623. The van der Waals surface area contributed by atoms with E-state index in [1.165, 1.54) is 6.42 Å². The Bertz CT molecular complexity index is 339. The first-order valence-corrected chi connectivity index (χ1v) is 7.73. The van der Waals surface area contributed by atoms with Crippen LogP contribution >= 0.6 is 11.8 Å². The molecule has 2 heterocycles. The van der Waals surface area contributed by atoms with Crippen LogP contribution < -0.4 is 5.32 Å². The summed E-state index contributed by atoms with van der Waals surface area (Å²) in [6.45, 7) is 1.76. The summed E-state index contributed by atoms with van der Waals surface area (Å²) in [6, 6.07) is 2.34. The highest BCUT2D eigenvalue weighted by Gasteiger charge is 2.37. The lowest BCUT2D eigenvalue weighted by atomic mass is 9.89. The number of hydrogen-bond donors (Lipinski definition) is 1. The van der Waals surface area contributed by atoms with Crippen LogP contribution in [0.4, 0.5) is 0 Å². The van der Waals surface area contributed by atoms with Crippen LogP contribution in [0.1, 0.15) is 32.1 Å². The molecule has 1 amide bonds. The second-order valence-corrected chi connectivity index (χ2v) is 6.65. The number of amides is 1. The molecule has 0 bridgehead atoms. The van der Waals surface area contributed by atoms with Crippen molar-refractivity contribution in [3.05, 3.63) is 0 Å². The van der Waals surface area contributed by atoms with Crippen molar-refractivity contribution in [1.29, 1.82) is 5.26 Å². The topological polar surface area (TPSA) is 56.1 Å². The number of nitrogens with zero attached hydrogens (tertiary/aromatic N) is 2. The van der Waals surface area contributed by atoms with E-state index in [2.05, 4.69) is 23.3 Å². The number of hydrogen-bond acceptors (Lipinski definition) is 4. The normalized spacial score (nSPS) is 28.3. The SMILES string of the molecule is CN1CCC(C#N)(NC(=O)C2CCCCS2)CC1. The number of rotatable bonds is 2. The van der Waals surface area contributed by atoms with Gasteiger partial charge in [-0.15, -0.1) is 11.8 Å². The first-order valence-electron chi connectivity index (χ1n) is 6.69. The largest absolute Gasteiger partial charge is 0.337 e. The zero-order chi connectivity index (χ0) is 13.0. The Morgan fingerprint density at radius 3 is 2.72 bits per heavy atom. The number of likely N-dealkylation sites (tertiary alicyclic amines) is 1. The van der Waals surface area contributed by atoms with Crippen molar-refractivity contribution in [3.63, 3.8) is 0 Å². The summed E-state index contributed by atoms with van der Waals surface area (Å²) in [4.78, 5) is 14.4. The zero-order valence-corrected chi connectivity index (χ0v) is 11.8. The average molecular weight is 267 g/mol. The van der Waals surface area contributed by atoms with Crippen LogP contribution in [-0.4, -0.2) is 47.5 Å². The summed E-state index contributed by atoms with van der Waals surface area (Å²) in [5.74, 6) is 1.14. The minimum absolute atomic E-state index is 0.0589. The summed E-state index contributed by atoms with van der Waals surface area (Å²) < 4.78 is 0. The van der Waals surface area contributed by atoms with Gasteiger partial charge in [0.25, 0.3) is 0 Å². The van der Waals surface area contributed by atoms with Crippen molar-refractivity contribution in [2.45, 2.75) is 42.9 Å². The Morgan fingerprint density at radius 2 is 2.17 bits per heavy atom. The maximum Gasteiger partial charge on any atom is 0.234 e. The molecule has 2 rings (SSSR count). The van der Waals surface area contributed by atoms with Gasteiger partial charge in [-0.1, -0.05) is 6.42 Å². The summed E-state index contributed by atoms with van der Waals surface area (Å²) in [5, 5.41) is 12.5. The molecule has 0 saturated carbocycles. The van der Waals surface area contributed by atoms with Gasteiger partial charge in [0.05, 0.1) is 11.3 Å². The molecule has 0 aromatic rings. The third-order valence-electron chi connectivity index (χ3n) is 3.89. The van der Waals surface area contributed by atoms with E-state index in [0.29, 0.717) is 0 Å². The molecule has 4 nitrogen and oxygen atoms in total. The Morgan fingerprint density at radius 1 is 1.44 bits per heavy atom. The molecule has 0 radical (unpaired) electrons. The summed E-state index contributed by atoms with van der Waals surface area (Å²) >= 11 is 1.74. The van der Waals surface area contributed by atoms with Crippen molar-refractivity contribution < 1.29 is 4.79 Å². The van der Waals surface area contributed by atoms with Gasteiger partial charge in [0.15, 0.2) is 0 Å². The summed E-state index contributed by atoms with van der Waals surface area (Å²) in [7, 11) is 2.06. The van der Waals surface area contributed by atoms with Gasteiger partial charge in [0.1, 0.15) is 5.54 Å². The molecular formula is C13H21N3OS. The molecule has 1 N–H and O–H groups in total. The lowest BCUT2D eigenvalue weighted by molar-refractivity contribution is -0.122. The van der Waals surface area contributed by atoms with Gasteiger partial charge in [0, 0.05) is 13.1 Å². The number of piperidine rings is 1. The van der Waals surface area contributed by atoms with Crippen molar-refractivity contribution in [2.75, 3.05) is 25.9 Å². The molecule has 1 atom stereocenters. The van der Waals surface area contributed by atoms with Gasteiger partial charge < -0.3 is 10.2 Å². The van der Waals surface area contributed by atoms with E-state index >= 15 is 0 Å². The van der Waals surface area contributed by atoms with Gasteiger partial charge >= 0.3 is 0 Å². The number of thioether (sulfide) groups is 1. The van der Waals surface area contributed by atoms with Gasteiger partial charge in [-0.05, 0) is 38.5 Å². The highest BCUT2D eigenvalue weighted by Crippen LogP contribution is 2.27. The molecule has 2 saturated heterocycles. The molecule has 0 aliphatic carbocycles. The molecule has 18 heavy (non-hydrogen) atoms. The Hall–Kier alpha value is -0.730. The van der Waals surface area contributed by atoms with E-state index in [0.717, 1.165) is 44.5 Å². The Balaban J connectivity index is 1.93. The molecule has 5 heteroatoms. The highest BCUT2D eigenvalue weighted by atomic mass is 32.2. The van der Waals surface area contributed by atoms with Crippen LogP contribution in [-0.2, 0) is 4.79 Å². The number of carbonyl (C=O) groups excluding carboxylic acids is 1. The second-order valence-electron chi connectivity index (χ2n) is 5.34. The van der Waals surface area contributed by atoms with Crippen LogP contribution in [0.3, 0.4) is 0 Å². The number of carbonyl (C=O) groups is 1. The van der Waals surface area contributed by atoms with E-state index in [4.69, 9.17) is 0 Å². The van der Waals surface area contributed by atoms with Gasteiger partial charge in [-0.2, -0.15) is 5.26 Å². The van der Waals surface area contributed by atoms with E-state index < -0.39 is 5.54 Å². The molecule has 0 aromatic carbocycles. The average Bonchev–Trinajstić information content (AvgIpc) is 2.43. The molecular weight excluding hydrogens is 246 g/mol. The fraction of sp³-hybridized carbons (Fsp3) is 0.846. The minimum atomic E-state index is -0.623. The Kier molecular flexibility index (Phi) is 4.52. The van der Waals surface area contributed by atoms with Crippen LogP contribution in [0.25, 0.3) is 0 Å². The third-order valence-corrected chi connectivity index (χ3v) is 5.27. The second kappa shape index (κ2) is 5.94. The quantitative estimate of drug-likeness (QED) is 0.821. The molecule has 0 aromatic heterocycles. The smallest absolute Gasteiger partial charge is 0.234 e. The van der Waals surface area contributed by atoms with Crippen LogP contribution in [0, 0.1) is 11.3 Å². The zero-order valence-electron chi connectivity index (χ0n) is 10.9. The first-order chi connectivity index (χ1) is 8.65. The lowest BCUT2D eigenvalue weighted by Crippen LogP contribution is -2.55. The van der Waals surface area contributed by atoms with Crippen LogP contribution in [0.2, 0.25) is 0 Å². The lowest BCUT2D eigenvalue weighted by Gasteiger charge is -2.37. The Labute approximate surface area is 113 Å². The van der Waals surface area contributed by atoms with Gasteiger partial charge in [0.2, 0.25) is 5.91 Å². The molecule has 2 fully saturated rings. The maximum atomic E-state index is 12.2. The van der Waals surface area contributed by atoms with Gasteiger partial charge in [-0.3, -0.25) is 4.79 Å². The van der Waals surface area contributed by atoms with E-state index in [9.17, 15) is 10.1 Å². The fourth-order valence-electron chi connectivity index (χ4n) is 2.53. The first kappa shape index (κ1) is 13.7. The summed E-state index contributed by atoms with van der Waals surface area (Å²) in [6.07, 6.45) is 4.78. The van der Waals surface area contributed by atoms with Crippen LogP contribution in [0.15, 0.2) is 0 Å². The monoisotopic (exact) mass is 267 g/mol. The van der Waals surface area contributed by atoms with E-state index in [1.807, 2.05) is 0 Å². The molecule has 2 aliphatic heterocycles. The fourth-order valence-corrected chi connectivity index (χ4v) is 3.73. The van der Waals surface area contributed by atoms with E-state index in [1.54, 1.807) is 11.8 Å². The molecule has 1 unspecified atom stereocenters. The minimum Gasteiger partial charge on any atom is -0.337 e. The van der Waals surface area contributed by atoms with Crippen molar-refractivity contribution in [3.8, 4) is 6.07 Å². The van der Waals surface area contributed by atoms with Crippen molar-refractivity contribution in [1.82, 2.24) is 10.2 Å². The van der Waals surface area contributed by atoms with Crippen molar-refractivity contribution in [2.24, 2.45) is 0 Å². The predicted octanol–water partition coefficient (Wildman–Crippen LogP) is 1.38. The van der Waals surface area contributed by atoms with Crippen LogP contribution in [0.5, 0.6) is 0 Å². The standard InChI is InChI=1S/C13H21N3OS/c1-16-7-5-13(10-14,6-8-16)15-12(17)11-4-2-3-9-18-11/h11H,2-9H2,1H3,(H,15,17). The third kappa shape index (κ3) is 3.18. The van der Waals surface area contributed by atoms with E-state index in [-0.39, 0.29) is 11.2 Å². The highest BCUT2D eigenvalue weighted by molar-refractivity contribution is 8.00. The number of nitriles is 1. The molecule has 2 aliphatic rings. The van der Waals surface area contributed by atoms with Crippen molar-refractivity contribution >= 4 is 17.7 Å². The maximum absolute atomic E-state index is 12.2. The molecule has 100 valence electrons. The molecule has 0 spiro atoms. The predicted molar refractivity (Wildman–Crippen MR) is 73.3 cm³/mol. The number of nitrogens with one attached hydrogen (secondary N) is 1. The van der Waals surface area contributed by atoms with Gasteiger partial charge in [-0.25, -0.2) is 0 Å².